The Balaban J connectivity index is 2.34. The van der Waals surface area contributed by atoms with Crippen LogP contribution in [0.5, 0.6) is 0 Å². The molecular weight excluding hydrogens is 244 g/mol. The van der Waals surface area contributed by atoms with Gasteiger partial charge in [-0.1, -0.05) is 5.92 Å². The van der Waals surface area contributed by atoms with E-state index in [0.29, 0.717) is 6.04 Å². The van der Waals surface area contributed by atoms with Crippen LogP contribution in [0.1, 0.15) is 13.8 Å². The van der Waals surface area contributed by atoms with Gasteiger partial charge in [-0.25, -0.2) is 5.92 Å². The van der Waals surface area contributed by atoms with Gasteiger partial charge in [0.05, 0.1) is 0 Å². The first-order valence-electron chi connectivity index (χ1n) is 6.68. The highest BCUT2D eigenvalue weighted by Gasteiger charge is 2.16. The van der Waals surface area contributed by atoms with E-state index >= 15 is 0 Å². The molecule has 0 aromatic rings. The summed E-state index contributed by atoms with van der Waals surface area (Å²) in [7, 11) is 0. The molecule has 0 aromatic heterocycles. The highest BCUT2D eigenvalue weighted by Crippen LogP contribution is 2.04. The van der Waals surface area contributed by atoms with Gasteiger partial charge in [0, 0.05) is 50.1 Å². The first-order valence-corrected chi connectivity index (χ1v) is 6.68. The predicted molar refractivity (Wildman–Crippen MR) is 83.9 cm³/mol. The third kappa shape index (κ3) is 6.52. The molecule has 1 fully saturated rings. The van der Waals surface area contributed by atoms with E-state index in [1.165, 1.54) is 0 Å². The van der Waals surface area contributed by atoms with Gasteiger partial charge in [-0.3, -0.25) is 4.90 Å². The summed E-state index contributed by atoms with van der Waals surface area (Å²) >= 11 is 0. The summed E-state index contributed by atoms with van der Waals surface area (Å²) in [6.07, 6.45) is 3.25. The second-order valence-electron chi connectivity index (χ2n) is 4.53. The van der Waals surface area contributed by atoms with Crippen LogP contribution in [0.4, 0.5) is 0 Å². The summed E-state index contributed by atoms with van der Waals surface area (Å²) in [6, 6.07) is 3.66. The monoisotopic (exact) mass is 263 g/mol. The number of piperazine rings is 1. The first-order chi connectivity index (χ1) is 9.74. The quantitative estimate of drug-likeness (QED) is 0.548. The molecule has 20 heavy (non-hydrogen) atoms. The molecule has 0 amide bonds. The summed E-state index contributed by atoms with van der Waals surface area (Å²) in [5, 5.41) is 0. The Labute approximate surface area is 123 Å². The Hall–Kier alpha value is -2.39. The van der Waals surface area contributed by atoms with E-state index in [0.717, 1.165) is 26.2 Å². The Bertz CT molecular complexity index is 547. The van der Waals surface area contributed by atoms with Crippen LogP contribution in [0, 0.1) is 53.9 Å². The number of allylic oxidation sites excluding steroid dienone is 1. The third-order valence-corrected chi connectivity index (χ3v) is 2.84. The maximum Gasteiger partial charge on any atom is 0.0389 e. The molecule has 1 aliphatic heterocycles. The zero-order valence-electron chi connectivity index (χ0n) is 12.2. The standard InChI is InChI=1S/C18H19N2/c1-4-5-6-7-8-9-10-11-12-13-19-14-16-20(17-15-19)18(2)3/h4-5,18H,1,14-17H2,2-3H3/q-1. The molecule has 0 N–H and O–H groups in total. The average Bonchev–Trinajstić information content (AvgIpc) is 2.46. The fraction of sp³-hybridized carbons (Fsp3) is 0.389. The molecule has 0 radical (unpaired) electrons. The minimum atomic E-state index is 0.611. The average molecular weight is 263 g/mol. The van der Waals surface area contributed by atoms with Crippen molar-refractivity contribution in [3.05, 3.63) is 19.1 Å². The second kappa shape index (κ2) is 9.53. The fourth-order valence-electron chi connectivity index (χ4n) is 1.72. The molecule has 0 spiro atoms. The molecule has 102 valence electrons. The van der Waals surface area contributed by atoms with E-state index in [2.05, 4.69) is 77.7 Å². The number of hydrogen-bond donors (Lipinski definition) is 0. The topological polar surface area (TPSA) is 6.48 Å². The van der Waals surface area contributed by atoms with Crippen molar-refractivity contribution in [2.45, 2.75) is 19.9 Å². The molecule has 1 heterocycles. The van der Waals surface area contributed by atoms with E-state index in [1.807, 2.05) is 0 Å². The molecule has 0 unspecified atom stereocenters. The van der Waals surface area contributed by atoms with Crippen LogP contribution in [-0.4, -0.2) is 42.0 Å². The summed E-state index contributed by atoms with van der Waals surface area (Å²) in [6.45, 7) is 12.0. The molecule has 1 aliphatic rings. The van der Waals surface area contributed by atoms with Crippen LogP contribution in [0.15, 0.2) is 12.7 Å². The third-order valence-electron chi connectivity index (χ3n) is 2.84. The zero-order valence-corrected chi connectivity index (χ0v) is 12.2. The van der Waals surface area contributed by atoms with Gasteiger partial charge < -0.3 is 4.90 Å². The lowest BCUT2D eigenvalue weighted by molar-refractivity contribution is 0.143. The van der Waals surface area contributed by atoms with Gasteiger partial charge >= 0.3 is 0 Å². The van der Waals surface area contributed by atoms with Crippen molar-refractivity contribution in [2.24, 2.45) is 0 Å². The van der Waals surface area contributed by atoms with E-state index in [1.54, 1.807) is 12.5 Å². The fourth-order valence-corrected chi connectivity index (χ4v) is 1.72. The molecule has 0 aliphatic carbocycles. The molecule has 0 atom stereocenters. The molecule has 1 saturated heterocycles. The minimum Gasteiger partial charge on any atom is -0.329 e. The normalized spacial score (nSPS) is 13.4. The van der Waals surface area contributed by atoms with Gasteiger partial charge in [-0.05, 0) is 25.7 Å². The van der Waals surface area contributed by atoms with Crippen LogP contribution < -0.4 is 0 Å². The SMILES string of the molecule is C=C[CH-]C#CC#CC#CC#CN1CCN(C(C)C)CC1. The van der Waals surface area contributed by atoms with Crippen molar-refractivity contribution in [1.82, 2.24) is 9.80 Å². The summed E-state index contributed by atoms with van der Waals surface area (Å²) in [5.74, 6) is 18.8. The van der Waals surface area contributed by atoms with E-state index in [-0.39, 0.29) is 0 Å². The van der Waals surface area contributed by atoms with E-state index in [4.69, 9.17) is 0 Å². The van der Waals surface area contributed by atoms with Crippen LogP contribution in [-0.2, 0) is 0 Å². The predicted octanol–water partition coefficient (Wildman–Crippen LogP) is 1.37. The molecule has 0 bridgehead atoms. The van der Waals surface area contributed by atoms with Gasteiger partial charge in [0.1, 0.15) is 0 Å². The van der Waals surface area contributed by atoms with Crippen molar-refractivity contribution < 1.29 is 0 Å². The van der Waals surface area contributed by atoms with Crippen LogP contribution >= 0.6 is 0 Å². The number of hydrogen-bond acceptors (Lipinski definition) is 2. The van der Waals surface area contributed by atoms with Crippen molar-refractivity contribution in [3.63, 3.8) is 0 Å². The summed E-state index contributed by atoms with van der Waals surface area (Å²) in [5.41, 5.74) is 0. The van der Waals surface area contributed by atoms with Crippen molar-refractivity contribution in [2.75, 3.05) is 26.2 Å². The summed E-state index contributed by atoms with van der Waals surface area (Å²) < 4.78 is 0. The lowest BCUT2D eigenvalue weighted by Gasteiger charge is -2.34. The highest BCUT2D eigenvalue weighted by atomic mass is 15.3. The molecule has 2 heteroatoms. The van der Waals surface area contributed by atoms with E-state index in [9.17, 15) is 0 Å². The second-order valence-corrected chi connectivity index (χ2v) is 4.53. The molecule has 0 saturated carbocycles. The zero-order chi connectivity index (χ0) is 14.6. The maximum absolute atomic E-state index is 3.52. The first kappa shape index (κ1) is 15.7. The van der Waals surface area contributed by atoms with Gasteiger partial charge in [-0.15, -0.1) is 6.42 Å². The maximum atomic E-state index is 3.52. The number of nitrogens with zero attached hydrogens (tertiary/aromatic N) is 2. The van der Waals surface area contributed by atoms with Crippen molar-refractivity contribution in [1.29, 1.82) is 0 Å². The Kier molecular flexibility index (Phi) is 7.46. The lowest BCUT2D eigenvalue weighted by Crippen LogP contribution is -2.47. The van der Waals surface area contributed by atoms with Gasteiger partial charge in [0.25, 0.3) is 0 Å². The molecule has 1 rings (SSSR count). The highest BCUT2D eigenvalue weighted by molar-refractivity contribution is 5.41. The smallest absolute Gasteiger partial charge is 0.0389 e. The van der Waals surface area contributed by atoms with Crippen molar-refractivity contribution in [3.8, 4) is 47.5 Å². The van der Waals surface area contributed by atoms with Gasteiger partial charge in [0.15, 0.2) is 0 Å². The van der Waals surface area contributed by atoms with Crippen LogP contribution in [0.2, 0.25) is 0 Å². The molecule has 0 aromatic carbocycles. The Morgan fingerprint density at radius 1 is 0.950 bits per heavy atom. The van der Waals surface area contributed by atoms with Crippen LogP contribution in [0.25, 0.3) is 0 Å². The van der Waals surface area contributed by atoms with Gasteiger partial charge in [-0.2, -0.15) is 18.6 Å². The number of rotatable bonds is 2. The van der Waals surface area contributed by atoms with Crippen LogP contribution in [0.3, 0.4) is 0 Å². The largest absolute Gasteiger partial charge is 0.329 e. The lowest BCUT2D eigenvalue weighted by atomic mass is 10.2. The molecular formula is C18H19N2-. The summed E-state index contributed by atoms with van der Waals surface area (Å²) in [4.78, 5) is 4.56. The Morgan fingerprint density at radius 2 is 1.55 bits per heavy atom. The molecule has 2 nitrogen and oxygen atoms in total. The van der Waals surface area contributed by atoms with Crippen molar-refractivity contribution >= 4 is 0 Å². The Morgan fingerprint density at radius 3 is 2.15 bits per heavy atom. The van der Waals surface area contributed by atoms with Gasteiger partial charge in [0.2, 0.25) is 0 Å². The van der Waals surface area contributed by atoms with E-state index < -0.39 is 0 Å². The minimum absolute atomic E-state index is 0.611.